The lowest BCUT2D eigenvalue weighted by atomic mass is 10.3. The second-order valence-electron chi connectivity index (χ2n) is 1.73. The molecule has 0 amide bonds. The first kappa shape index (κ1) is 6.31. The molecule has 0 aliphatic heterocycles. The van der Waals surface area contributed by atoms with Crippen LogP contribution < -0.4 is 5.14 Å². The average Bonchev–Trinajstić information content (AvgIpc) is 1.35. The van der Waals surface area contributed by atoms with Crippen molar-refractivity contribution in [2.24, 2.45) is 11.1 Å². The van der Waals surface area contributed by atoms with Crippen molar-refractivity contribution >= 4 is 11.9 Å². The first-order valence-electron chi connectivity index (χ1n) is 2.09. The molecule has 0 atom stereocenters. The third-order valence-corrected chi connectivity index (χ3v) is 1.29. The minimum Gasteiger partial charge on any atom is -0.278 e. The fourth-order valence-corrected chi connectivity index (χ4v) is 0.577. The molecule has 2 heteroatoms. The van der Waals surface area contributed by atoms with E-state index in [1.165, 1.54) is 11.9 Å². The van der Waals surface area contributed by atoms with E-state index in [0.717, 1.165) is 11.7 Å². The van der Waals surface area contributed by atoms with E-state index in [4.69, 9.17) is 5.14 Å². The summed E-state index contributed by atoms with van der Waals surface area (Å²) < 4.78 is 0. The van der Waals surface area contributed by atoms with Gasteiger partial charge in [0.2, 0.25) is 0 Å². The van der Waals surface area contributed by atoms with Crippen LogP contribution in [0.5, 0.6) is 0 Å². The molecular formula is C4H11NS. The van der Waals surface area contributed by atoms with Gasteiger partial charge in [-0.15, -0.1) is 0 Å². The monoisotopic (exact) mass is 105 g/mol. The first-order valence-corrected chi connectivity index (χ1v) is 3.14. The van der Waals surface area contributed by atoms with Crippen molar-refractivity contribution in [2.75, 3.05) is 5.75 Å². The van der Waals surface area contributed by atoms with Crippen molar-refractivity contribution in [3.05, 3.63) is 0 Å². The third kappa shape index (κ3) is 4.31. The van der Waals surface area contributed by atoms with Crippen molar-refractivity contribution < 1.29 is 0 Å². The summed E-state index contributed by atoms with van der Waals surface area (Å²) in [6, 6.07) is 0. The van der Waals surface area contributed by atoms with Gasteiger partial charge in [0.25, 0.3) is 0 Å². The summed E-state index contributed by atoms with van der Waals surface area (Å²) in [7, 11) is 0. The maximum Gasteiger partial charge on any atom is 0.00995 e. The van der Waals surface area contributed by atoms with Crippen LogP contribution in [-0.4, -0.2) is 5.75 Å². The van der Waals surface area contributed by atoms with Crippen LogP contribution in [0.1, 0.15) is 13.8 Å². The number of hydrogen-bond acceptors (Lipinski definition) is 2. The molecule has 0 heterocycles. The Bertz CT molecular complexity index is 28.7. The molecule has 1 nitrogen and oxygen atoms in total. The second kappa shape index (κ2) is 3.50. The Morgan fingerprint density at radius 1 is 1.67 bits per heavy atom. The summed E-state index contributed by atoms with van der Waals surface area (Å²) in [5, 5.41) is 5.15. The summed E-state index contributed by atoms with van der Waals surface area (Å²) in [5.74, 6) is 1.81. The zero-order valence-electron chi connectivity index (χ0n) is 4.27. The van der Waals surface area contributed by atoms with Crippen LogP contribution in [0, 0.1) is 5.92 Å². The van der Waals surface area contributed by atoms with Gasteiger partial charge < -0.3 is 0 Å². The van der Waals surface area contributed by atoms with Gasteiger partial charge in [0.1, 0.15) is 0 Å². The van der Waals surface area contributed by atoms with Gasteiger partial charge in [-0.05, 0) is 5.92 Å². The standard InChI is InChI=1S/C4H11NS/c1-4(2)3-6-5/h4H,3,5H2,1-2H3. The molecule has 0 aliphatic carbocycles. The highest BCUT2D eigenvalue weighted by atomic mass is 32.2. The highest BCUT2D eigenvalue weighted by Gasteiger charge is 1.86. The lowest BCUT2D eigenvalue weighted by Crippen LogP contribution is -1.92. The molecule has 0 aliphatic rings. The molecule has 0 saturated heterocycles. The van der Waals surface area contributed by atoms with Crippen LogP contribution in [0.25, 0.3) is 0 Å². The fourth-order valence-electron chi connectivity index (χ4n) is 0.192. The zero-order valence-corrected chi connectivity index (χ0v) is 5.09. The average molecular weight is 105 g/mol. The Labute approximate surface area is 43.4 Å². The van der Waals surface area contributed by atoms with Crippen molar-refractivity contribution in [1.29, 1.82) is 0 Å². The van der Waals surface area contributed by atoms with Crippen molar-refractivity contribution in [2.45, 2.75) is 13.8 Å². The number of rotatable bonds is 2. The summed E-state index contributed by atoms with van der Waals surface area (Å²) in [4.78, 5) is 0. The molecule has 0 unspecified atom stereocenters. The fraction of sp³-hybridized carbons (Fsp3) is 1.00. The number of hydrogen-bond donors (Lipinski definition) is 1. The minimum atomic E-state index is 0.736. The molecule has 6 heavy (non-hydrogen) atoms. The van der Waals surface area contributed by atoms with Gasteiger partial charge in [-0.3, -0.25) is 5.14 Å². The van der Waals surface area contributed by atoms with Gasteiger partial charge in [-0.25, -0.2) is 0 Å². The molecule has 0 spiro atoms. The van der Waals surface area contributed by atoms with E-state index in [2.05, 4.69) is 13.8 Å². The largest absolute Gasteiger partial charge is 0.278 e. The Kier molecular flexibility index (Phi) is 3.68. The van der Waals surface area contributed by atoms with Gasteiger partial charge >= 0.3 is 0 Å². The van der Waals surface area contributed by atoms with Crippen molar-refractivity contribution in [3.8, 4) is 0 Å². The van der Waals surface area contributed by atoms with Crippen LogP contribution >= 0.6 is 11.9 Å². The predicted octanol–water partition coefficient (Wildman–Crippen LogP) is 1.25. The molecule has 0 radical (unpaired) electrons. The zero-order chi connectivity index (χ0) is 4.99. The SMILES string of the molecule is CC(C)CSN. The van der Waals surface area contributed by atoms with Crippen LogP contribution in [0.3, 0.4) is 0 Å². The Hall–Kier alpha value is 0.310. The molecule has 0 bridgehead atoms. The van der Waals surface area contributed by atoms with E-state index in [1.807, 2.05) is 0 Å². The van der Waals surface area contributed by atoms with Gasteiger partial charge in [0.05, 0.1) is 0 Å². The van der Waals surface area contributed by atoms with Crippen LogP contribution in [0.4, 0.5) is 0 Å². The summed E-state index contributed by atoms with van der Waals surface area (Å²) in [6.45, 7) is 4.31. The second-order valence-corrected chi connectivity index (χ2v) is 2.39. The molecule has 38 valence electrons. The van der Waals surface area contributed by atoms with Gasteiger partial charge in [-0.1, -0.05) is 25.8 Å². The van der Waals surface area contributed by atoms with E-state index >= 15 is 0 Å². The van der Waals surface area contributed by atoms with Crippen LogP contribution in [0.2, 0.25) is 0 Å². The molecule has 0 fully saturated rings. The first-order chi connectivity index (χ1) is 2.77. The smallest absolute Gasteiger partial charge is 0.00995 e. The highest BCUT2D eigenvalue weighted by molar-refractivity contribution is 7.97. The normalized spacial score (nSPS) is 10.0. The maximum atomic E-state index is 5.15. The van der Waals surface area contributed by atoms with E-state index in [-0.39, 0.29) is 0 Å². The van der Waals surface area contributed by atoms with E-state index in [1.54, 1.807) is 0 Å². The Morgan fingerprint density at radius 3 is 2.17 bits per heavy atom. The summed E-state index contributed by atoms with van der Waals surface area (Å²) >= 11 is 1.41. The molecule has 0 rings (SSSR count). The molecule has 0 aromatic rings. The number of nitrogens with two attached hydrogens (primary N) is 1. The lowest BCUT2D eigenvalue weighted by Gasteiger charge is -1.95. The quantitative estimate of drug-likeness (QED) is 0.535. The van der Waals surface area contributed by atoms with E-state index in [0.29, 0.717) is 0 Å². The van der Waals surface area contributed by atoms with Crippen molar-refractivity contribution in [1.82, 2.24) is 0 Å². The van der Waals surface area contributed by atoms with Crippen LogP contribution in [0.15, 0.2) is 0 Å². The summed E-state index contributed by atoms with van der Waals surface area (Å²) in [5.41, 5.74) is 0. The molecular weight excluding hydrogens is 94.1 g/mol. The molecule has 2 N–H and O–H groups in total. The van der Waals surface area contributed by atoms with E-state index < -0.39 is 0 Å². The lowest BCUT2D eigenvalue weighted by molar-refractivity contribution is 0.750. The van der Waals surface area contributed by atoms with Gasteiger partial charge in [0, 0.05) is 5.75 Å². The van der Waals surface area contributed by atoms with E-state index in [9.17, 15) is 0 Å². The third-order valence-electron chi connectivity index (χ3n) is 0.430. The van der Waals surface area contributed by atoms with Crippen LogP contribution in [-0.2, 0) is 0 Å². The van der Waals surface area contributed by atoms with Crippen molar-refractivity contribution in [3.63, 3.8) is 0 Å². The molecule has 0 aromatic heterocycles. The summed E-state index contributed by atoms with van der Waals surface area (Å²) in [6.07, 6.45) is 0. The Balaban J connectivity index is 2.63. The minimum absolute atomic E-state index is 0.736. The highest BCUT2D eigenvalue weighted by Crippen LogP contribution is 1.97. The maximum absolute atomic E-state index is 5.15. The molecule has 0 aromatic carbocycles. The predicted molar refractivity (Wildman–Crippen MR) is 31.5 cm³/mol. The topological polar surface area (TPSA) is 26.0 Å². The van der Waals surface area contributed by atoms with Gasteiger partial charge in [-0.2, -0.15) is 0 Å². The van der Waals surface area contributed by atoms with Gasteiger partial charge in [0.15, 0.2) is 0 Å². The molecule has 0 saturated carbocycles. The Morgan fingerprint density at radius 2 is 2.17 bits per heavy atom.